The highest BCUT2D eigenvalue weighted by Crippen LogP contribution is 2.20. The molecule has 0 radical (unpaired) electrons. The molecule has 1 aromatic rings. The van der Waals surface area contributed by atoms with Gasteiger partial charge in [0.15, 0.2) is 0 Å². The van der Waals surface area contributed by atoms with Crippen molar-refractivity contribution in [2.45, 2.75) is 19.8 Å². The third kappa shape index (κ3) is 4.06. The largest absolute Gasteiger partial charge is 0.368 e. The molecule has 1 aromatic heterocycles. The number of hydrazine groups is 1. The number of hydrogen-bond donors (Lipinski definition) is 5. The number of anilines is 2. The molecule has 0 aliphatic carbocycles. The molecule has 100 valence electrons. The maximum atomic E-state index is 10.5. The molecule has 0 spiro atoms. The topological polar surface area (TPSA) is 131 Å². The minimum atomic E-state index is -0.544. The molecule has 8 nitrogen and oxygen atoms in total. The minimum absolute atomic E-state index is 0.427. The highest BCUT2D eigenvalue weighted by atomic mass is 16.2. The molecule has 0 fully saturated rings. The predicted molar refractivity (Wildman–Crippen MR) is 69.9 cm³/mol. The number of rotatable bonds is 7. The molecule has 7 N–H and O–H groups in total. The van der Waals surface area contributed by atoms with Gasteiger partial charge in [-0.05, 0) is 6.42 Å². The highest BCUT2D eigenvalue weighted by molar-refractivity contribution is 5.71. The van der Waals surface area contributed by atoms with Crippen molar-refractivity contribution in [3.05, 3.63) is 11.9 Å². The third-order valence-electron chi connectivity index (χ3n) is 2.30. The number of hydrogen-bond acceptors (Lipinski definition) is 6. The van der Waals surface area contributed by atoms with Crippen molar-refractivity contribution in [1.29, 1.82) is 0 Å². The minimum Gasteiger partial charge on any atom is -0.368 e. The van der Waals surface area contributed by atoms with Crippen LogP contribution in [-0.4, -0.2) is 29.1 Å². The number of carbonyl (C=O) groups is 1. The van der Waals surface area contributed by atoms with Crippen LogP contribution < -0.4 is 27.6 Å². The van der Waals surface area contributed by atoms with Gasteiger partial charge in [-0.3, -0.25) is 0 Å². The highest BCUT2D eigenvalue weighted by Gasteiger charge is 2.09. The number of nitrogens with one attached hydrogen (secondary N) is 3. The van der Waals surface area contributed by atoms with Crippen molar-refractivity contribution in [2.75, 3.05) is 23.8 Å². The van der Waals surface area contributed by atoms with Crippen LogP contribution in [0.1, 0.15) is 18.9 Å². The Bertz CT molecular complexity index is 396. The summed E-state index contributed by atoms with van der Waals surface area (Å²) in [4.78, 5) is 18.7. The Hall–Kier alpha value is -2.09. The fourth-order valence-corrected chi connectivity index (χ4v) is 1.54. The van der Waals surface area contributed by atoms with Crippen molar-refractivity contribution in [2.24, 2.45) is 11.6 Å². The number of nitrogen functional groups attached to an aromatic ring is 1. The van der Waals surface area contributed by atoms with E-state index in [2.05, 4.69) is 33.0 Å². The summed E-state index contributed by atoms with van der Waals surface area (Å²) in [5, 5.41) is 5.60. The van der Waals surface area contributed by atoms with Gasteiger partial charge in [-0.25, -0.2) is 20.6 Å². The van der Waals surface area contributed by atoms with Gasteiger partial charge in [0.2, 0.25) is 0 Å². The first-order valence-corrected chi connectivity index (χ1v) is 5.76. The SMILES string of the molecule is CCCc1c(NN)ncnc1NCCNC(N)=O. The Labute approximate surface area is 106 Å². The molecule has 18 heavy (non-hydrogen) atoms. The summed E-state index contributed by atoms with van der Waals surface area (Å²) in [6.07, 6.45) is 3.19. The first-order valence-electron chi connectivity index (χ1n) is 5.76. The lowest BCUT2D eigenvalue weighted by atomic mass is 10.1. The standard InChI is InChI=1S/C10H19N7O/c1-2-3-7-8(13-4-5-14-10(11)18)15-6-16-9(7)17-12/h6H,2-5,12H2,1H3,(H3,11,14,18)(H2,13,15,16,17). The number of primary amides is 1. The summed E-state index contributed by atoms with van der Waals surface area (Å²) in [5.74, 6) is 6.73. The van der Waals surface area contributed by atoms with Gasteiger partial charge in [-0.15, -0.1) is 0 Å². The van der Waals surface area contributed by atoms with Crippen LogP contribution in [0.25, 0.3) is 0 Å². The van der Waals surface area contributed by atoms with Gasteiger partial charge >= 0.3 is 6.03 Å². The summed E-state index contributed by atoms with van der Waals surface area (Å²) >= 11 is 0. The number of nitrogens with zero attached hydrogens (tertiary/aromatic N) is 2. The second-order valence-corrected chi connectivity index (χ2v) is 3.66. The van der Waals surface area contributed by atoms with E-state index in [1.165, 1.54) is 6.33 Å². The Kier molecular flexibility index (Phi) is 5.65. The fraction of sp³-hybridized carbons (Fsp3) is 0.500. The predicted octanol–water partition coefficient (Wildman–Crippen LogP) is -0.205. The van der Waals surface area contributed by atoms with Crippen molar-refractivity contribution in [1.82, 2.24) is 15.3 Å². The van der Waals surface area contributed by atoms with Crippen LogP contribution in [-0.2, 0) is 6.42 Å². The molecule has 8 heteroatoms. The first-order chi connectivity index (χ1) is 8.69. The quantitative estimate of drug-likeness (QED) is 0.260. The molecule has 0 saturated heterocycles. The molecular formula is C10H19N7O. The van der Waals surface area contributed by atoms with Gasteiger partial charge in [0.1, 0.15) is 18.0 Å². The van der Waals surface area contributed by atoms with Crippen LogP contribution in [0, 0.1) is 0 Å². The molecule has 0 saturated carbocycles. The average Bonchev–Trinajstić information content (AvgIpc) is 2.36. The Morgan fingerprint density at radius 2 is 2.06 bits per heavy atom. The average molecular weight is 253 g/mol. The van der Waals surface area contributed by atoms with Crippen LogP contribution in [0.3, 0.4) is 0 Å². The zero-order chi connectivity index (χ0) is 13.4. The normalized spacial score (nSPS) is 9.89. The lowest BCUT2D eigenvalue weighted by Crippen LogP contribution is -2.33. The first kappa shape index (κ1) is 14.0. The number of nitrogens with two attached hydrogens (primary N) is 2. The van der Waals surface area contributed by atoms with E-state index >= 15 is 0 Å². The molecule has 1 heterocycles. The molecule has 0 atom stereocenters. The molecule has 0 aliphatic rings. The van der Waals surface area contributed by atoms with E-state index in [1.54, 1.807) is 0 Å². The van der Waals surface area contributed by atoms with E-state index in [9.17, 15) is 4.79 Å². The maximum absolute atomic E-state index is 10.5. The second-order valence-electron chi connectivity index (χ2n) is 3.66. The number of urea groups is 1. The third-order valence-corrected chi connectivity index (χ3v) is 2.30. The van der Waals surface area contributed by atoms with Crippen molar-refractivity contribution < 1.29 is 4.79 Å². The van der Waals surface area contributed by atoms with Crippen molar-refractivity contribution in [3.8, 4) is 0 Å². The van der Waals surface area contributed by atoms with Crippen LogP contribution in [0.4, 0.5) is 16.4 Å². The van der Waals surface area contributed by atoms with Crippen molar-refractivity contribution >= 4 is 17.7 Å². The van der Waals surface area contributed by atoms with E-state index in [0.717, 1.165) is 18.4 Å². The van der Waals surface area contributed by atoms with E-state index in [4.69, 9.17) is 11.6 Å². The Morgan fingerprint density at radius 1 is 1.33 bits per heavy atom. The molecule has 0 bridgehead atoms. The van der Waals surface area contributed by atoms with E-state index in [1.807, 2.05) is 0 Å². The fourth-order valence-electron chi connectivity index (χ4n) is 1.54. The van der Waals surface area contributed by atoms with Gasteiger partial charge < -0.3 is 21.8 Å². The molecule has 2 amide bonds. The molecule has 0 aromatic carbocycles. The molecule has 0 unspecified atom stereocenters. The number of carbonyl (C=O) groups excluding carboxylic acids is 1. The summed E-state index contributed by atoms with van der Waals surface area (Å²) in [6, 6.07) is -0.544. The number of amides is 2. The van der Waals surface area contributed by atoms with Gasteiger partial charge in [-0.2, -0.15) is 0 Å². The molecule has 1 rings (SSSR count). The van der Waals surface area contributed by atoms with E-state index in [0.29, 0.717) is 24.7 Å². The molecular weight excluding hydrogens is 234 g/mol. The smallest absolute Gasteiger partial charge is 0.312 e. The van der Waals surface area contributed by atoms with Crippen molar-refractivity contribution in [3.63, 3.8) is 0 Å². The lowest BCUT2D eigenvalue weighted by Gasteiger charge is -2.13. The van der Waals surface area contributed by atoms with E-state index in [-0.39, 0.29) is 0 Å². The van der Waals surface area contributed by atoms with Gasteiger partial charge in [0.05, 0.1) is 0 Å². The monoisotopic (exact) mass is 253 g/mol. The maximum Gasteiger partial charge on any atom is 0.312 e. The Morgan fingerprint density at radius 3 is 2.67 bits per heavy atom. The zero-order valence-electron chi connectivity index (χ0n) is 10.4. The lowest BCUT2D eigenvalue weighted by molar-refractivity contribution is 0.249. The Balaban J connectivity index is 2.65. The van der Waals surface area contributed by atoms with Gasteiger partial charge in [-0.1, -0.05) is 13.3 Å². The zero-order valence-corrected chi connectivity index (χ0v) is 10.4. The molecule has 0 aliphatic heterocycles. The summed E-state index contributed by atoms with van der Waals surface area (Å²) in [6.45, 7) is 3.02. The number of aromatic nitrogens is 2. The van der Waals surface area contributed by atoms with Gasteiger partial charge in [0.25, 0.3) is 0 Å². The van der Waals surface area contributed by atoms with Gasteiger partial charge in [0, 0.05) is 18.7 Å². The summed E-state index contributed by atoms with van der Waals surface area (Å²) in [5.41, 5.74) is 8.45. The van der Waals surface area contributed by atoms with Crippen LogP contribution in [0.15, 0.2) is 6.33 Å². The summed E-state index contributed by atoms with van der Waals surface area (Å²) < 4.78 is 0. The second kappa shape index (κ2) is 7.28. The van der Waals surface area contributed by atoms with Crippen LogP contribution in [0.5, 0.6) is 0 Å². The van der Waals surface area contributed by atoms with Crippen LogP contribution >= 0.6 is 0 Å². The van der Waals surface area contributed by atoms with E-state index < -0.39 is 6.03 Å². The van der Waals surface area contributed by atoms with Crippen LogP contribution in [0.2, 0.25) is 0 Å². The summed E-state index contributed by atoms with van der Waals surface area (Å²) in [7, 11) is 0.